The molecular weight excluding hydrogens is 316 g/mol. The zero-order chi connectivity index (χ0) is 17.4. The van der Waals surface area contributed by atoms with E-state index in [1.807, 2.05) is 35.0 Å². The van der Waals surface area contributed by atoms with Crippen LogP contribution in [0.3, 0.4) is 0 Å². The van der Waals surface area contributed by atoms with E-state index in [0.717, 1.165) is 43.9 Å². The molecule has 2 aliphatic rings. The van der Waals surface area contributed by atoms with Crippen molar-refractivity contribution >= 4 is 11.6 Å². The zero-order valence-electron chi connectivity index (χ0n) is 14.8. The lowest BCUT2D eigenvalue weighted by Crippen LogP contribution is -2.33. The Hall–Kier alpha value is -2.34. The van der Waals surface area contributed by atoms with Gasteiger partial charge in [0, 0.05) is 51.1 Å². The second kappa shape index (κ2) is 6.52. The smallest absolute Gasteiger partial charge is 0.223 e. The minimum atomic E-state index is 0.110. The van der Waals surface area contributed by atoms with Crippen LogP contribution in [0.5, 0.6) is 5.75 Å². The van der Waals surface area contributed by atoms with Gasteiger partial charge in [0.05, 0.1) is 12.2 Å². The van der Waals surface area contributed by atoms with E-state index in [9.17, 15) is 4.79 Å². The van der Waals surface area contributed by atoms with Gasteiger partial charge < -0.3 is 9.64 Å². The number of benzene rings is 1. The number of nitrogens with zero attached hydrogens (tertiary/aromatic N) is 4. The van der Waals surface area contributed by atoms with Crippen LogP contribution in [0, 0.1) is 0 Å². The Morgan fingerprint density at radius 2 is 2.28 bits per heavy atom. The number of anilines is 1. The predicted octanol–water partition coefficient (Wildman–Crippen LogP) is 1.98. The second-order valence-corrected chi connectivity index (χ2v) is 6.98. The number of carbonyl (C=O) groups excluding carboxylic acids is 1. The number of fused-ring (bicyclic) bond motifs is 1. The summed E-state index contributed by atoms with van der Waals surface area (Å²) in [5.41, 5.74) is 3.49. The quantitative estimate of drug-likeness (QED) is 0.781. The first kappa shape index (κ1) is 16.1. The first-order valence-corrected chi connectivity index (χ1v) is 8.85. The van der Waals surface area contributed by atoms with Gasteiger partial charge in [0.1, 0.15) is 12.4 Å². The Kier molecular flexibility index (Phi) is 4.21. The number of aryl methyl sites for hydroxylation is 2. The molecule has 6 heteroatoms. The normalized spacial score (nSPS) is 21.8. The van der Waals surface area contributed by atoms with E-state index >= 15 is 0 Å². The summed E-state index contributed by atoms with van der Waals surface area (Å²) in [4.78, 5) is 16.0. The van der Waals surface area contributed by atoms with Crippen LogP contribution < -0.4 is 9.64 Å². The molecule has 1 aromatic carbocycles. The number of rotatable bonds is 5. The van der Waals surface area contributed by atoms with Crippen LogP contribution in [0.4, 0.5) is 5.69 Å². The Morgan fingerprint density at radius 3 is 3.04 bits per heavy atom. The maximum Gasteiger partial charge on any atom is 0.223 e. The van der Waals surface area contributed by atoms with E-state index in [1.54, 1.807) is 6.92 Å². The number of carbonyl (C=O) groups is 1. The van der Waals surface area contributed by atoms with Crippen molar-refractivity contribution in [1.29, 1.82) is 0 Å². The third-order valence-electron chi connectivity index (χ3n) is 4.96. The Balaban J connectivity index is 1.33. The summed E-state index contributed by atoms with van der Waals surface area (Å²) in [5.74, 6) is 1.01. The Labute approximate surface area is 148 Å². The van der Waals surface area contributed by atoms with E-state index in [-0.39, 0.29) is 5.91 Å². The lowest BCUT2D eigenvalue weighted by Gasteiger charge is -2.28. The second-order valence-electron chi connectivity index (χ2n) is 6.98. The van der Waals surface area contributed by atoms with Crippen molar-refractivity contribution in [3.8, 4) is 5.75 Å². The molecule has 1 saturated heterocycles. The number of hydrogen-bond donors (Lipinski definition) is 0. The summed E-state index contributed by atoms with van der Waals surface area (Å²) >= 11 is 0. The first-order chi connectivity index (χ1) is 12.1. The summed E-state index contributed by atoms with van der Waals surface area (Å²) in [6.45, 7) is 5.14. The molecule has 4 rings (SSSR count). The van der Waals surface area contributed by atoms with E-state index in [2.05, 4.69) is 22.3 Å². The highest BCUT2D eigenvalue weighted by Crippen LogP contribution is 2.31. The van der Waals surface area contributed by atoms with Gasteiger partial charge in [-0.2, -0.15) is 5.10 Å². The highest BCUT2D eigenvalue weighted by atomic mass is 16.5. The molecule has 0 radical (unpaired) electrons. The van der Waals surface area contributed by atoms with Gasteiger partial charge in [-0.3, -0.25) is 14.4 Å². The molecule has 3 heterocycles. The third kappa shape index (κ3) is 3.54. The minimum absolute atomic E-state index is 0.110. The summed E-state index contributed by atoms with van der Waals surface area (Å²) < 4.78 is 7.83. The van der Waals surface area contributed by atoms with Crippen molar-refractivity contribution in [2.45, 2.75) is 32.4 Å². The molecule has 1 amide bonds. The van der Waals surface area contributed by atoms with Gasteiger partial charge in [-0.1, -0.05) is 0 Å². The fraction of sp³-hybridized carbons (Fsp3) is 0.474. The van der Waals surface area contributed by atoms with Gasteiger partial charge in [0.2, 0.25) is 5.91 Å². The average Bonchev–Trinajstić information content (AvgIpc) is 3.21. The molecule has 2 atom stereocenters. The average molecular weight is 340 g/mol. The van der Waals surface area contributed by atoms with Crippen LogP contribution >= 0.6 is 0 Å². The fourth-order valence-corrected chi connectivity index (χ4v) is 3.55. The standard InChI is InChI=1S/C19H24N4O2/c1-14(24)23-7-3-4-16-8-18(5-6-19(16)23)25-13-17-12-22(17)11-15-9-20-21(2)10-15/h5-6,8-10,17H,3-4,7,11-13H2,1-2H3. The molecule has 0 saturated carbocycles. The van der Waals surface area contributed by atoms with Gasteiger partial charge in [0.15, 0.2) is 0 Å². The zero-order valence-corrected chi connectivity index (χ0v) is 14.8. The van der Waals surface area contributed by atoms with Crippen LogP contribution in [0.15, 0.2) is 30.6 Å². The van der Waals surface area contributed by atoms with Crippen molar-refractivity contribution in [2.75, 3.05) is 24.6 Å². The molecule has 0 N–H and O–H groups in total. The monoisotopic (exact) mass is 340 g/mol. The van der Waals surface area contributed by atoms with Crippen molar-refractivity contribution in [3.63, 3.8) is 0 Å². The van der Waals surface area contributed by atoms with E-state index in [0.29, 0.717) is 12.6 Å². The van der Waals surface area contributed by atoms with Gasteiger partial charge in [-0.25, -0.2) is 0 Å². The summed E-state index contributed by atoms with van der Waals surface area (Å²) in [7, 11) is 1.94. The van der Waals surface area contributed by atoms with Crippen molar-refractivity contribution in [2.24, 2.45) is 7.05 Å². The third-order valence-corrected chi connectivity index (χ3v) is 4.96. The van der Waals surface area contributed by atoms with E-state index < -0.39 is 0 Å². The molecule has 132 valence electrons. The fourth-order valence-electron chi connectivity index (χ4n) is 3.55. The summed E-state index contributed by atoms with van der Waals surface area (Å²) in [6, 6.07) is 6.57. The number of ether oxygens (including phenoxy) is 1. The Bertz CT molecular complexity index is 785. The van der Waals surface area contributed by atoms with Gasteiger partial charge >= 0.3 is 0 Å². The maximum absolute atomic E-state index is 11.7. The summed E-state index contributed by atoms with van der Waals surface area (Å²) in [6.07, 6.45) is 5.99. The van der Waals surface area contributed by atoms with Crippen LogP contribution in [-0.4, -0.2) is 46.3 Å². The van der Waals surface area contributed by atoms with Crippen LogP contribution in [-0.2, 0) is 24.8 Å². The molecule has 2 aliphatic heterocycles. The first-order valence-electron chi connectivity index (χ1n) is 8.85. The molecule has 1 fully saturated rings. The predicted molar refractivity (Wildman–Crippen MR) is 95.7 cm³/mol. The van der Waals surface area contributed by atoms with E-state index in [1.165, 1.54) is 11.1 Å². The molecular formula is C19H24N4O2. The minimum Gasteiger partial charge on any atom is -0.492 e. The van der Waals surface area contributed by atoms with Crippen molar-refractivity contribution in [3.05, 3.63) is 41.7 Å². The molecule has 2 aromatic rings. The van der Waals surface area contributed by atoms with Gasteiger partial charge in [-0.15, -0.1) is 0 Å². The molecule has 6 nitrogen and oxygen atoms in total. The van der Waals surface area contributed by atoms with Gasteiger partial charge in [-0.05, 0) is 36.6 Å². The molecule has 2 unspecified atom stereocenters. The van der Waals surface area contributed by atoms with Crippen LogP contribution in [0.25, 0.3) is 0 Å². The largest absolute Gasteiger partial charge is 0.492 e. The molecule has 1 aromatic heterocycles. The SMILES string of the molecule is CC(=O)N1CCCc2cc(OCC3CN3Cc3cnn(C)c3)ccc21. The maximum atomic E-state index is 11.7. The highest BCUT2D eigenvalue weighted by molar-refractivity contribution is 5.92. The lowest BCUT2D eigenvalue weighted by molar-refractivity contribution is -0.116. The highest BCUT2D eigenvalue weighted by Gasteiger charge is 2.34. The molecule has 0 aliphatic carbocycles. The van der Waals surface area contributed by atoms with Crippen molar-refractivity contribution < 1.29 is 9.53 Å². The topological polar surface area (TPSA) is 50.4 Å². The molecule has 0 bridgehead atoms. The van der Waals surface area contributed by atoms with Gasteiger partial charge in [0.25, 0.3) is 0 Å². The number of hydrogen-bond acceptors (Lipinski definition) is 4. The van der Waals surface area contributed by atoms with E-state index in [4.69, 9.17) is 4.74 Å². The lowest BCUT2D eigenvalue weighted by atomic mass is 10.0. The number of amides is 1. The molecule has 25 heavy (non-hydrogen) atoms. The number of aromatic nitrogens is 2. The molecule has 0 spiro atoms. The summed E-state index contributed by atoms with van der Waals surface area (Å²) in [5, 5.41) is 4.21. The van der Waals surface area contributed by atoms with Crippen LogP contribution in [0.1, 0.15) is 24.5 Å². The van der Waals surface area contributed by atoms with Crippen LogP contribution in [0.2, 0.25) is 0 Å². The Morgan fingerprint density at radius 1 is 1.40 bits per heavy atom. The van der Waals surface area contributed by atoms with Crippen molar-refractivity contribution in [1.82, 2.24) is 14.7 Å².